The Balaban J connectivity index is 1.68. The molecule has 0 bridgehead atoms. The molecule has 0 aliphatic carbocycles. The third-order valence-electron chi connectivity index (χ3n) is 2.92. The molecule has 2 rings (SSSR count). The van der Waals surface area contributed by atoms with Crippen LogP contribution in [0.25, 0.3) is 0 Å². The molecule has 1 aromatic heterocycles. The van der Waals surface area contributed by atoms with Gasteiger partial charge in [-0.2, -0.15) is 5.10 Å². The zero-order valence-corrected chi connectivity index (χ0v) is 12.6. The van der Waals surface area contributed by atoms with Crippen LogP contribution in [0.1, 0.15) is 13.3 Å². The SMILES string of the molecule is CC(Oc1ccc(Cl)cc1)C(=O)NCCCn1cccn1. The van der Waals surface area contributed by atoms with Gasteiger partial charge in [0.25, 0.3) is 5.91 Å². The molecule has 21 heavy (non-hydrogen) atoms. The van der Waals surface area contributed by atoms with Crippen molar-refractivity contribution in [3.63, 3.8) is 0 Å². The minimum absolute atomic E-state index is 0.134. The van der Waals surface area contributed by atoms with E-state index in [-0.39, 0.29) is 5.91 Å². The number of nitrogens with one attached hydrogen (secondary N) is 1. The average Bonchev–Trinajstić information content (AvgIpc) is 2.99. The van der Waals surface area contributed by atoms with Gasteiger partial charge in [0.15, 0.2) is 6.10 Å². The Morgan fingerprint density at radius 2 is 2.19 bits per heavy atom. The van der Waals surface area contributed by atoms with E-state index in [1.807, 2.05) is 16.9 Å². The molecule has 5 nitrogen and oxygen atoms in total. The lowest BCUT2D eigenvalue weighted by atomic mass is 10.3. The van der Waals surface area contributed by atoms with Gasteiger partial charge < -0.3 is 10.1 Å². The third-order valence-corrected chi connectivity index (χ3v) is 3.17. The summed E-state index contributed by atoms with van der Waals surface area (Å²) >= 11 is 5.80. The van der Waals surface area contributed by atoms with Crippen molar-refractivity contribution in [2.24, 2.45) is 0 Å². The molecule has 0 fully saturated rings. The van der Waals surface area contributed by atoms with E-state index in [1.54, 1.807) is 37.4 Å². The molecule has 0 aliphatic rings. The van der Waals surface area contributed by atoms with Gasteiger partial charge in [-0.3, -0.25) is 9.48 Å². The van der Waals surface area contributed by atoms with Crippen LogP contribution < -0.4 is 10.1 Å². The largest absolute Gasteiger partial charge is 0.481 e. The van der Waals surface area contributed by atoms with E-state index >= 15 is 0 Å². The first-order chi connectivity index (χ1) is 10.1. The molecular formula is C15H18ClN3O2. The van der Waals surface area contributed by atoms with Gasteiger partial charge in [0.1, 0.15) is 5.75 Å². The highest BCUT2D eigenvalue weighted by Crippen LogP contribution is 2.16. The van der Waals surface area contributed by atoms with Crippen molar-refractivity contribution in [2.75, 3.05) is 6.54 Å². The summed E-state index contributed by atoms with van der Waals surface area (Å²) in [5.41, 5.74) is 0. The fourth-order valence-electron chi connectivity index (χ4n) is 1.80. The fraction of sp³-hybridized carbons (Fsp3) is 0.333. The Bertz CT molecular complexity index is 555. The second-order valence-corrected chi connectivity index (χ2v) is 5.06. The Morgan fingerprint density at radius 3 is 2.86 bits per heavy atom. The fourth-order valence-corrected chi connectivity index (χ4v) is 1.93. The monoisotopic (exact) mass is 307 g/mol. The molecule has 1 amide bonds. The molecule has 0 aliphatic heterocycles. The van der Waals surface area contributed by atoms with Gasteiger partial charge in [0.2, 0.25) is 0 Å². The topological polar surface area (TPSA) is 56.1 Å². The van der Waals surface area contributed by atoms with E-state index in [4.69, 9.17) is 16.3 Å². The number of ether oxygens (including phenoxy) is 1. The number of hydrogen-bond acceptors (Lipinski definition) is 3. The summed E-state index contributed by atoms with van der Waals surface area (Å²) in [5.74, 6) is 0.490. The van der Waals surface area contributed by atoms with Crippen molar-refractivity contribution < 1.29 is 9.53 Å². The maximum absolute atomic E-state index is 11.9. The normalized spacial score (nSPS) is 11.9. The van der Waals surface area contributed by atoms with Crippen LogP contribution >= 0.6 is 11.6 Å². The lowest BCUT2D eigenvalue weighted by molar-refractivity contribution is -0.127. The van der Waals surface area contributed by atoms with E-state index in [1.165, 1.54) is 0 Å². The molecule has 2 aromatic rings. The smallest absolute Gasteiger partial charge is 0.260 e. The molecule has 0 spiro atoms. The van der Waals surface area contributed by atoms with Crippen LogP contribution in [0.2, 0.25) is 5.02 Å². The van der Waals surface area contributed by atoms with Crippen molar-refractivity contribution in [3.05, 3.63) is 47.7 Å². The van der Waals surface area contributed by atoms with Gasteiger partial charge in [-0.1, -0.05) is 11.6 Å². The number of amides is 1. The summed E-state index contributed by atoms with van der Waals surface area (Å²) in [6.45, 7) is 3.09. The summed E-state index contributed by atoms with van der Waals surface area (Å²) in [5, 5.41) is 7.58. The van der Waals surface area contributed by atoms with E-state index in [0.29, 0.717) is 17.3 Å². The number of nitrogens with zero attached hydrogens (tertiary/aromatic N) is 2. The zero-order valence-electron chi connectivity index (χ0n) is 11.8. The number of carbonyl (C=O) groups is 1. The minimum Gasteiger partial charge on any atom is -0.481 e. The second-order valence-electron chi connectivity index (χ2n) is 4.63. The molecular weight excluding hydrogens is 290 g/mol. The van der Waals surface area contributed by atoms with Crippen LogP contribution in [0, 0.1) is 0 Å². The number of aromatic nitrogens is 2. The second kappa shape index (κ2) is 7.69. The number of carbonyl (C=O) groups excluding carboxylic acids is 1. The summed E-state index contributed by atoms with van der Waals surface area (Å²) in [7, 11) is 0. The predicted octanol–water partition coefficient (Wildman–Crippen LogP) is 2.51. The van der Waals surface area contributed by atoms with Crippen LogP contribution in [-0.4, -0.2) is 28.3 Å². The van der Waals surface area contributed by atoms with Gasteiger partial charge >= 0.3 is 0 Å². The molecule has 1 atom stereocenters. The van der Waals surface area contributed by atoms with Crippen molar-refractivity contribution >= 4 is 17.5 Å². The van der Waals surface area contributed by atoms with Gasteiger partial charge in [-0.05, 0) is 43.7 Å². The molecule has 0 radical (unpaired) electrons. The first-order valence-electron chi connectivity index (χ1n) is 6.82. The maximum atomic E-state index is 11.9. The lowest BCUT2D eigenvalue weighted by Gasteiger charge is -2.14. The van der Waals surface area contributed by atoms with Crippen LogP contribution in [0.5, 0.6) is 5.75 Å². The Morgan fingerprint density at radius 1 is 1.43 bits per heavy atom. The van der Waals surface area contributed by atoms with E-state index in [0.717, 1.165) is 13.0 Å². The summed E-state index contributed by atoms with van der Waals surface area (Å²) in [4.78, 5) is 11.9. The molecule has 1 heterocycles. The van der Waals surface area contributed by atoms with Crippen molar-refractivity contribution in [1.82, 2.24) is 15.1 Å². The number of benzene rings is 1. The molecule has 112 valence electrons. The first kappa shape index (κ1) is 15.4. The highest BCUT2D eigenvalue weighted by molar-refractivity contribution is 6.30. The van der Waals surface area contributed by atoms with Crippen molar-refractivity contribution in [3.8, 4) is 5.75 Å². The minimum atomic E-state index is -0.545. The van der Waals surface area contributed by atoms with Gasteiger partial charge in [0.05, 0.1) is 0 Å². The number of halogens is 1. The average molecular weight is 308 g/mol. The molecule has 0 saturated heterocycles. The van der Waals surface area contributed by atoms with Crippen molar-refractivity contribution in [1.29, 1.82) is 0 Å². The third kappa shape index (κ3) is 5.11. The highest BCUT2D eigenvalue weighted by atomic mass is 35.5. The predicted molar refractivity (Wildman–Crippen MR) is 81.4 cm³/mol. The number of aryl methyl sites for hydroxylation is 1. The molecule has 6 heteroatoms. The Labute approximate surface area is 128 Å². The van der Waals surface area contributed by atoms with Crippen molar-refractivity contribution in [2.45, 2.75) is 26.0 Å². The van der Waals surface area contributed by atoms with E-state index in [9.17, 15) is 4.79 Å². The summed E-state index contributed by atoms with van der Waals surface area (Å²) in [6, 6.07) is 8.81. The number of rotatable bonds is 7. The van der Waals surface area contributed by atoms with E-state index in [2.05, 4.69) is 10.4 Å². The highest BCUT2D eigenvalue weighted by Gasteiger charge is 2.13. The molecule has 1 N–H and O–H groups in total. The van der Waals surface area contributed by atoms with Crippen LogP contribution in [0.15, 0.2) is 42.7 Å². The zero-order chi connectivity index (χ0) is 15.1. The molecule has 1 unspecified atom stereocenters. The quantitative estimate of drug-likeness (QED) is 0.800. The summed E-state index contributed by atoms with van der Waals surface area (Å²) in [6.07, 6.45) is 3.91. The van der Waals surface area contributed by atoms with Gasteiger partial charge in [-0.25, -0.2) is 0 Å². The van der Waals surface area contributed by atoms with Gasteiger partial charge in [-0.15, -0.1) is 0 Å². The number of hydrogen-bond donors (Lipinski definition) is 1. The standard InChI is InChI=1S/C15H18ClN3O2/c1-12(21-14-6-4-13(16)5-7-14)15(20)17-8-2-10-19-11-3-9-18-19/h3-7,9,11-12H,2,8,10H2,1H3,(H,17,20). The van der Waals surface area contributed by atoms with Crippen LogP contribution in [0.3, 0.4) is 0 Å². The van der Waals surface area contributed by atoms with Crippen LogP contribution in [-0.2, 0) is 11.3 Å². The maximum Gasteiger partial charge on any atom is 0.260 e. The first-order valence-corrected chi connectivity index (χ1v) is 7.20. The van der Waals surface area contributed by atoms with Gasteiger partial charge in [0, 0.05) is 30.5 Å². The van der Waals surface area contributed by atoms with Crippen LogP contribution in [0.4, 0.5) is 0 Å². The molecule has 0 saturated carbocycles. The molecule has 1 aromatic carbocycles. The van der Waals surface area contributed by atoms with E-state index < -0.39 is 6.10 Å². The Kier molecular flexibility index (Phi) is 5.63. The summed E-state index contributed by atoms with van der Waals surface area (Å²) < 4.78 is 7.38. The lowest BCUT2D eigenvalue weighted by Crippen LogP contribution is -2.37. The Hall–Kier alpha value is -2.01.